The van der Waals surface area contributed by atoms with Gasteiger partial charge in [0.05, 0.1) is 22.6 Å². The molecule has 1 unspecified atom stereocenters. The molecule has 1 atom stereocenters. The van der Waals surface area contributed by atoms with Gasteiger partial charge in [-0.15, -0.1) is 0 Å². The highest BCUT2D eigenvalue weighted by Crippen LogP contribution is 2.43. The zero-order valence-corrected chi connectivity index (χ0v) is 18.3. The molecule has 1 N–H and O–H groups in total. The molecule has 168 valence electrons. The van der Waals surface area contributed by atoms with Crippen LogP contribution in [-0.2, 0) is 9.59 Å². The van der Waals surface area contributed by atoms with Crippen molar-refractivity contribution in [2.45, 2.75) is 45.8 Å². The van der Waals surface area contributed by atoms with E-state index in [1.165, 1.54) is 29.2 Å². The highest BCUT2D eigenvalue weighted by atomic mass is 16.6. The molecule has 2 aromatic carbocycles. The number of amides is 1. The highest BCUT2D eigenvalue weighted by molar-refractivity contribution is 6.46. The fourth-order valence-corrected chi connectivity index (χ4v) is 3.73. The Morgan fingerprint density at radius 3 is 2.41 bits per heavy atom. The Labute approximate surface area is 186 Å². The highest BCUT2D eigenvalue weighted by Gasteiger charge is 2.46. The summed E-state index contributed by atoms with van der Waals surface area (Å²) in [5.41, 5.74) is 0.619. The maximum absolute atomic E-state index is 13.0. The van der Waals surface area contributed by atoms with E-state index in [9.17, 15) is 24.8 Å². The molecule has 0 aliphatic carbocycles. The normalized spacial score (nSPS) is 17.8. The quantitative estimate of drug-likeness (QED) is 0.212. The molecule has 0 aromatic heterocycles. The lowest BCUT2D eigenvalue weighted by Gasteiger charge is -2.27. The van der Waals surface area contributed by atoms with Crippen molar-refractivity contribution in [1.29, 1.82) is 0 Å². The van der Waals surface area contributed by atoms with Crippen LogP contribution in [0.25, 0.3) is 5.76 Å². The zero-order valence-electron chi connectivity index (χ0n) is 18.3. The van der Waals surface area contributed by atoms with Gasteiger partial charge in [0.25, 0.3) is 17.4 Å². The molecule has 0 bridgehead atoms. The van der Waals surface area contributed by atoms with Crippen LogP contribution in [0.4, 0.5) is 5.69 Å². The van der Waals surface area contributed by atoms with Gasteiger partial charge in [-0.1, -0.05) is 31.5 Å². The van der Waals surface area contributed by atoms with Gasteiger partial charge in [0.2, 0.25) is 0 Å². The average molecular weight is 438 g/mol. The SMILES string of the molecule is CCCCN1C(=O)C(=O)/C(=C(\O)c2ccc([N+](=O)[O-])cc2)C1c1ccccc1OC(C)C. The number of carbonyl (C=O) groups excluding carboxylic acids is 2. The van der Waals surface area contributed by atoms with Gasteiger partial charge in [0, 0.05) is 29.8 Å². The van der Waals surface area contributed by atoms with Crippen LogP contribution in [0.1, 0.15) is 50.8 Å². The van der Waals surface area contributed by atoms with E-state index in [0.717, 1.165) is 6.42 Å². The number of aliphatic hydroxyl groups excluding tert-OH is 1. The number of ether oxygens (including phenoxy) is 1. The number of nitro benzene ring substituents is 1. The lowest BCUT2D eigenvalue weighted by atomic mass is 9.94. The van der Waals surface area contributed by atoms with E-state index in [-0.39, 0.29) is 28.7 Å². The van der Waals surface area contributed by atoms with Gasteiger partial charge in [-0.25, -0.2) is 0 Å². The second-order valence-electron chi connectivity index (χ2n) is 7.85. The molecule has 0 radical (unpaired) electrons. The number of unbranched alkanes of at least 4 members (excludes halogenated alkanes) is 1. The minimum atomic E-state index is -0.827. The van der Waals surface area contributed by atoms with Gasteiger partial charge in [0.15, 0.2) is 0 Å². The number of nitrogens with zero attached hydrogens (tertiary/aromatic N) is 2. The molecule has 1 amide bonds. The van der Waals surface area contributed by atoms with Crippen molar-refractivity contribution < 1.29 is 24.4 Å². The third-order valence-electron chi connectivity index (χ3n) is 5.22. The summed E-state index contributed by atoms with van der Waals surface area (Å²) in [5, 5.41) is 22.0. The molecule has 2 aromatic rings. The van der Waals surface area contributed by atoms with E-state index in [0.29, 0.717) is 24.3 Å². The number of rotatable bonds is 8. The summed E-state index contributed by atoms with van der Waals surface area (Å²) in [4.78, 5) is 37.8. The fourth-order valence-electron chi connectivity index (χ4n) is 3.73. The molecule has 8 heteroatoms. The number of Topliss-reactive ketones (excluding diaryl/α,β-unsaturated/α-hetero) is 1. The summed E-state index contributed by atoms with van der Waals surface area (Å²) in [6, 6.07) is 11.5. The lowest BCUT2D eigenvalue weighted by molar-refractivity contribution is -0.384. The van der Waals surface area contributed by atoms with Gasteiger partial charge < -0.3 is 14.7 Å². The molecule has 1 aliphatic heterocycles. The molecular formula is C24H26N2O6. The monoisotopic (exact) mass is 438 g/mol. The third kappa shape index (κ3) is 4.49. The predicted octanol–water partition coefficient (Wildman–Crippen LogP) is 4.60. The average Bonchev–Trinajstić information content (AvgIpc) is 3.01. The van der Waals surface area contributed by atoms with Crippen molar-refractivity contribution in [3.63, 3.8) is 0 Å². The van der Waals surface area contributed by atoms with Crippen molar-refractivity contribution in [2.24, 2.45) is 0 Å². The standard InChI is InChI=1S/C24H26N2O6/c1-4-5-14-25-21(18-8-6-7-9-19(18)32-15(2)3)20(23(28)24(25)29)22(27)16-10-12-17(13-11-16)26(30)31/h6-13,15,21,27H,4-5,14H2,1-3H3/b22-20-. The van der Waals surface area contributed by atoms with E-state index < -0.39 is 22.7 Å². The number of carbonyl (C=O) groups is 2. The van der Waals surface area contributed by atoms with Crippen molar-refractivity contribution in [3.05, 3.63) is 75.3 Å². The van der Waals surface area contributed by atoms with Crippen LogP contribution in [0.2, 0.25) is 0 Å². The number of nitro groups is 1. The topological polar surface area (TPSA) is 110 Å². The fraction of sp³-hybridized carbons (Fsp3) is 0.333. The van der Waals surface area contributed by atoms with Crippen LogP contribution in [0.15, 0.2) is 54.1 Å². The zero-order chi connectivity index (χ0) is 23.4. The first-order valence-corrected chi connectivity index (χ1v) is 10.5. The van der Waals surface area contributed by atoms with Crippen molar-refractivity contribution >= 4 is 23.1 Å². The van der Waals surface area contributed by atoms with Crippen molar-refractivity contribution in [1.82, 2.24) is 4.90 Å². The minimum Gasteiger partial charge on any atom is -0.507 e. The van der Waals surface area contributed by atoms with Crippen LogP contribution < -0.4 is 4.74 Å². The van der Waals surface area contributed by atoms with Gasteiger partial charge in [-0.3, -0.25) is 19.7 Å². The van der Waals surface area contributed by atoms with Crippen LogP contribution in [0, 0.1) is 10.1 Å². The van der Waals surface area contributed by atoms with E-state index in [1.54, 1.807) is 24.3 Å². The Bertz CT molecular complexity index is 1060. The number of para-hydroxylation sites is 1. The first-order valence-electron chi connectivity index (χ1n) is 10.5. The van der Waals surface area contributed by atoms with Gasteiger partial charge in [0.1, 0.15) is 11.5 Å². The van der Waals surface area contributed by atoms with Gasteiger partial charge >= 0.3 is 0 Å². The minimum absolute atomic E-state index is 0.0558. The number of benzene rings is 2. The van der Waals surface area contributed by atoms with Crippen molar-refractivity contribution in [2.75, 3.05) is 6.54 Å². The molecule has 32 heavy (non-hydrogen) atoms. The van der Waals surface area contributed by atoms with Crippen molar-refractivity contribution in [3.8, 4) is 5.75 Å². The van der Waals surface area contributed by atoms with E-state index in [2.05, 4.69) is 0 Å². The maximum atomic E-state index is 13.0. The molecule has 1 heterocycles. The second-order valence-corrected chi connectivity index (χ2v) is 7.85. The maximum Gasteiger partial charge on any atom is 0.295 e. The molecule has 0 spiro atoms. The molecule has 0 saturated carbocycles. The Morgan fingerprint density at radius 2 is 1.81 bits per heavy atom. The van der Waals surface area contributed by atoms with Crippen LogP contribution in [-0.4, -0.2) is 39.3 Å². The smallest absolute Gasteiger partial charge is 0.295 e. The number of hydrogen-bond donors (Lipinski definition) is 1. The summed E-state index contributed by atoms with van der Waals surface area (Å²) in [6.07, 6.45) is 1.38. The Balaban J connectivity index is 2.18. The molecule has 1 aliphatic rings. The first kappa shape index (κ1) is 23.0. The number of likely N-dealkylation sites (tertiary alicyclic amines) is 1. The Morgan fingerprint density at radius 1 is 1.16 bits per heavy atom. The van der Waals surface area contributed by atoms with E-state index in [1.807, 2.05) is 20.8 Å². The summed E-state index contributed by atoms with van der Waals surface area (Å²) in [5.74, 6) is -1.33. The van der Waals surface area contributed by atoms with Crippen LogP contribution in [0.3, 0.4) is 0 Å². The van der Waals surface area contributed by atoms with Crippen LogP contribution >= 0.6 is 0 Å². The largest absolute Gasteiger partial charge is 0.507 e. The summed E-state index contributed by atoms with van der Waals surface area (Å²) < 4.78 is 5.93. The molecule has 1 fully saturated rings. The number of non-ortho nitro benzene ring substituents is 1. The summed E-state index contributed by atoms with van der Waals surface area (Å²) in [6.45, 7) is 6.08. The van der Waals surface area contributed by atoms with Gasteiger partial charge in [-0.05, 0) is 38.5 Å². The first-order chi connectivity index (χ1) is 15.3. The van der Waals surface area contributed by atoms with Crippen LogP contribution in [0.5, 0.6) is 5.75 Å². The molecule has 1 saturated heterocycles. The predicted molar refractivity (Wildman–Crippen MR) is 119 cm³/mol. The van der Waals surface area contributed by atoms with E-state index in [4.69, 9.17) is 4.74 Å². The molecule has 3 rings (SSSR count). The number of aliphatic hydroxyl groups is 1. The molecular weight excluding hydrogens is 412 g/mol. The summed E-state index contributed by atoms with van der Waals surface area (Å²) in [7, 11) is 0. The number of hydrogen-bond acceptors (Lipinski definition) is 6. The second kappa shape index (κ2) is 9.64. The van der Waals surface area contributed by atoms with Gasteiger partial charge in [-0.2, -0.15) is 0 Å². The third-order valence-corrected chi connectivity index (χ3v) is 5.22. The number of ketones is 1. The lowest BCUT2D eigenvalue weighted by Crippen LogP contribution is -2.31. The van der Waals surface area contributed by atoms with E-state index >= 15 is 0 Å². The Kier molecular flexibility index (Phi) is 6.92. The molecule has 8 nitrogen and oxygen atoms in total. The summed E-state index contributed by atoms with van der Waals surface area (Å²) >= 11 is 0. The Hall–Kier alpha value is -3.68.